The van der Waals surface area contributed by atoms with Gasteiger partial charge in [0.25, 0.3) is 0 Å². The highest BCUT2D eigenvalue weighted by atomic mass is 35.5. The Morgan fingerprint density at radius 3 is 2.71 bits per heavy atom. The molecule has 4 rings (SSSR count). The van der Waals surface area contributed by atoms with Crippen molar-refractivity contribution in [2.24, 2.45) is 0 Å². The highest BCUT2D eigenvalue weighted by Gasteiger charge is 2.33. The van der Waals surface area contributed by atoms with Gasteiger partial charge >= 0.3 is 6.09 Å². The number of carbonyl (C=O) groups excluding carboxylic acids is 1. The minimum Gasteiger partial charge on any atom is -0.444 e. The SMILES string of the molecule is C[C@@H]1CN(c2nc(N3CCOC[C@@H](O)C3)c3cnc(Cl)c(F)c3n2)CCN1C(=O)OC(C)(C)C. The molecular formula is C22H30ClFN6O4. The summed E-state index contributed by atoms with van der Waals surface area (Å²) in [6, 6.07) is -0.175. The molecule has 2 fully saturated rings. The second kappa shape index (κ2) is 9.63. The molecule has 0 spiro atoms. The maximum atomic E-state index is 15.0. The van der Waals surface area contributed by atoms with E-state index in [0.29, 0.717) is 49.9 Å². The number of halogens is 2. The van der Waals surface area contributed by atoms with Crippen LogP contribution in [0.1, 0.15) is 27.7 Å². The first-order chi connectivity index (χ1) is 16.0. The van der Waals surface area contributed by atoms with Gasteiger partial charge in [0.1, 0.15) is 16.9 Å². The Bertz CT molecular complexity index is 1070. The smallest absolute Gasteiger partial charge is 0.410 e. The molecule has 0 unspecified atom stereocenters. The first-order valence-corrected chi connectivity index (χ1v) is 11.7. The monoisotopic (exact) mass is 496 g/mol. The van der Waals surface area contributed by atoms with E-state index in [1.165, 1.54) is 6.20 Å². The zero-order chi connectivity index (χ0) is 24.6. The zero-order valence-corrected chi connectivity index (χ0v) is 20.5. The summed E-state index contributed by atoms with van der Waals surface area (Å²) in [6.45, 7) is 10.1. The quantitative estimate of drug-likeness (QED) is 0.628. The average Bonchev–Trinajstić information content (AvgIpc) is 2.98. The first-order valence-electron chi connectivity index (χ1n) is 11.3. The fourth-order valence-electron chi connectivity index (χ4n) is 4.11. The number of piperazine rings is 1. The molecule has 12 heteroatoms. The minimum absolute atomic E-state index is 0.0573. The summed E-state index contributed by atoms with van der Waals surface area (Å²) in [4.78, 5) is 31.2. The summed E-state index contributed by atoms with van der Waals surface area (Å²) in [5.41, 5.74) is -0.529. The third-order valence-electron chi connectivity index (χ3n) is 5.69. The number of anilines is 2. The van der Waals surface area contributed by atoms with Gasteiger partial charge < -0.3 is 29.3 Å². The minimum atomic E-state index is -0.726. The summed E-state index contributed by atoms with van der Waals surface area (Å²) >= 11 is 5.95. The van der Waals surface area contributed by atoms with Crippen molar-refractivity contribution in [1.29, 1.82) is 0 Å². The molecule has 2 aliphatic heterocycles. The number of fused-ring (bicyclic) bond motifs is 1. The molecule has 0 saturated carbocycles. The molecular weight excluding hydrogens is 467 g/mol. The molecule has 2 saturated heterocycles. The molecule has 0 radical (unpaired) electrons. The fraction of sp³-hybridized carbons (Fsp3) is 0.636. The number of β-amino-alcohol motifs (C(OH)–C–C–N with tert-alkyl or cyclic N) is 1. The third-order valence-corrected chi connectivity index (χ3v) is 5.96. The van der Waals surface area contributed by atoms with E-state index in [2.05, 4.69) is 9.97 Å². The van der Waals surface area contributed by atoms with Gasteiger partial charge in [0.15, 0.2) is 11.0 Å². The summed E-state index contributed by atoms with van der Waals surface area (Å²) in [5.74, 6) is 0.0463. The number of rotatable bonds is 2. The van der Waals surface area contributed by atoms with Crippen molar-refractivity contribution in [3.8, 4) is 0 Å². The largest absolute Gasteiger partial charge is 0.444 e. The number of hydrogen-bond donors (Lipinski definition) is 1. The Morgan fingerprint density at radius 2 is 2.00 bits per heavy atom. The number of nitrogens with zero attached hydrogens (tertiary/aromatic N) is 6. The Balaban J connectivity index is 1.67. The van der Waals surface area contributed by atoms with Crippen LogP contribution in [0.3, 0.4) is 0 Å². The topological polar surface area (TPSA) is 104 Å². The van der Waals surface area contributed by atoms with Crippen LogP contribution in [0.5, 0.6) is 0 Å². The molecule has 10 nitrogen and oxygen atoms in total. The summed E-state index contributed by atoms with van der Waals surface area (Å²) in [7, 11) is 0. The Kier molecular flexibility index (Phi) is 6.97. The van der Waals surface area contributed by atoms with Crippen molar-refractivity contribution in [1.82, 2.24) is 19.9 Å². The van der Waals surface area contributed by atoms with Crippen LogP contribution in [0.25, 0.3) is 10.9 Å². The lowest BCUT2D eigenvalue weighted by Gasteiger charge is -2.40. The molecule has 2 aliphatic rings. The molecule has 2 aromatic rings. The van der Waals surface area contributed by atoms with Gasteiger partial charge in [-0.3, -0.25) is 0 Å². The fourth-order valence-corrected chi connectivity index (χ4v) is 4.24. The molecule has 2 atom stereocenters. The van der Waals surface area contributed by atoms with Crippen LogP contribution in [0, 0.1) is 5.82 Å². The van der Waals surface area contributed by atoms with E-state index in [0.717, 1.165) is 0 Å². The Labute approximate surface area is 202 Å². The van der Waals surface area contributed by atoms with E-state index >= 15 is 0 Å². The van der Waals surface area contributed by atoms with Gasteiger partial charge in [-0.05, 0) is 27.7 Å². The molecule has 0 bridgehead atoms. The molecule has 186 valence electrons. The number of aliphatic hydroxyl groups excluding tert-OH is 1. The van der Waals surface area contributed by atoms with Gasteiger partial charge in [0.2, 0.25) is 5.95 Å². The third kappa shape index (κ3) is 5.26. The standard InChI is InChI=1S/C22H30ClFN6O4/c1-13-10-29(5-6-30(13)21(32)34-22(2,3)4)20-26-17-15(9-25-18(23)16(17)24)19(27-20)28-7-8-33-12-14(31)11-28/h9,13-14,31H,5-8,10-12H2,1-4H3/t13-,14+/m1/s1. The summed E-state index contributed by atoms with van der Waals surface area (Å²) in [6.07, 6.45) is 0.363. The lowest BCUT2D eigenvalue weighted by atomic mass is 10.2. The van der Waals surface area contributed by atoms with Crippen molar-refractivity contribution >= 4 is 40.4 Å². The maximum Gasteiger partial charge on any atom is 0.410 e. The van der Waals surface area contributed by atoms with Gasteiger partial charge in [-0.2, -0.15) is 4.98 Å². The van der Waals surface area contributed by atoms with Crippen LogP contribution in [0.4, 0.5) is 21.0 Å². The van der Waals surface area contributed by atoms with Crippen molar-refractivity contribution in [2.45, 2.75) is 45.4 Å². The van der Waals surface area contributed by atoms with E-state index in [-0.39, 0.29) is 36.0 Å². The van der Waals surface area contributed by atoms with E-state index in [1.54, 1.807) is 4.90 Å². The zero-order valence-electron chi connectivity index (χ0n) is 19.8. The Hall–Kier alpha value is -2.50. The van der Waals surface area contributed by atoms with Crippen LogP contribution in [-0.2, 0) is 9.47 Å². The van der Waals surface area contributed by atoms with E-state index < -0.39 is 17.5 Å². The van der Waals surface area contributed by atoms with Gasteiger partial charge in [0, 0.05) is 45.0 Å². The number of ether oxygens (including phenoxy) is 2. The number of carbonyl (C=O) groups is 1. The van der Waals surface area contributed by atoms with E-state index in [4.69, 9.17) is 26.1 Å². The second-order valence-electron chi connectivity index (χ2n) is 9.62. The van der Waals surface area contributed by atoms with Crippen molar-refractivity contribution in [3.63, 3.8) is 0 Å². The van der Waals surface area contributed by atoms with E-state index in [1.807, 2.05) is 37.5 Å². The second-order valence-corrected chi connectivity index (χ2v) is 9.97. The van der Waals surface area contributed by atoms with Crippen LogP contribution >= 0.6 is 11.6 Å². The van der Waals surface area contributed by atoms with Crippen LogP contribution in [0.15, 0.2) is 6.20 Å². The van der Waals surface area contributed by atoms with Gasteiger partial charge in [-0.1, -0.05) is 11.6 Å². The predicted molar refractivity (Wildman–Crippen MR) is 126 cm³/mol. The lowest BCUT2D eigenvalue weighted by molar-refractivity contribution is 0.0158. The van der Waals surface area contributed by atoms with E-state index in [9.17, 15) is 14.3 Å². The summed E-state index contributed by atoms with van der Waals surface area (Å²) in [5, 5.41) is 10.4. The lowest BCUT2D eigenvalue weighted by Crippen LogP contribution is -2.55. The van der Waals surface area contributed by atoms with Crippen LogP contribution in [0.2, 0.25) is 5.15 Å². The molecule has 1 amide bonds. The maximum absolute atomic E-state index is 15.0. The predicted octanol–water partition coefficient (Wildman–Crippen LogP) is 2.46. The molecule has 0 aromatic carbocycles. The van der Waals surface area contributed by atoms with Crippen molar-refractivity contribution in [2.75, 3.05) is 55.7 Å². The van der Waals surface area contributed by atoms with Crippen molar-refractivity contribution in [3.05, 3.63) is 17.2 Å². The molecule has 0 aliphatic carbocycles. The van der Waals surface area contributed by atoms with Gasteiger partial charge in [0.05, 0.1) is 24.7 Å². The highest BCUT2D eigenvalue weighted by molar-refractivity contribution is 6.30. The normalized spacial score (nSPS) is 22.1. The number of aliphatic hydroxyl groups is 1. The number of aromatic nitrogens is 3. The highest BCUT2D eigenvalue weighted by Crippen LogP contribution is 2.31. The Morgan fingerprint density at radius 1 is 1.24 bits per heavy atom. The van der Waals surface area contributed by atoms with Gasteiger partial charge in [-0.25, -0.2) is 19.2 Å². The van der Waals surface area contributed by atoms with Crippen molar-refractivity contribution < 1.29 is 23.8 Å². The molecule has 34 heavy (non-hydrogen) atoms. The van der Waals surface area contributed by atoms with Crippen LogP contribution < -0.4 is 9.80 Å². The number of hydrogen-bond acceptors (Lipinski definition) is 9. The molecule has 4 heterocycles. The summed E-state index contributed by atoms with van der Waals surface area (Å²) < 4.78 is 25.9. The number of pyridine rings is 1. The molecule has 2 aromatic heterocycles. The van der Waals surface area contributed by atoms with Crippen LogP contribution in [-0.4, -0.2) is 94.7 Å². The van der Waals surface area contributed by atoms with Gasteiger partial charge in [-0.15, -0.1) is 0 Å². The number of amides is 1. The molecule has 1 N–H and O–H groups in total. The first kappa shape index (κ1) is 24.6. The average molecular weight is 497 g/mol.